The molecule has 0 unspecified atom stereocenters. The molecule has 4 rings (SSSR count). The van der Waals surface area contributed by atoms with Gasteiger partial charge in [-0.05, 0) is 48.4 Å². The molecule has 0 spiro atoms. The molecule has 1 fully saturated rings. The van der Waals surface area contributed by atoms with Crippen molar-refractivity contribution < 1.29 is 14.3 Å². The first-order valence-corrected chi connectivity index (χ1v) is 13.1. The van der Waals surface area contributed by atoms with E-state index < -0.39 is 0 Å². The quantitative estimate of drug-likeness (QED) is 0.359. The van der Waals surface area contributed by atoms with E-state index >= 15 is 0 Å². The molecule has 0 bridgehead atoms. The molecule has 0 radical (unpaired) electrons. The van der Waals surface area contributed by atoms with Crippen LogP contribution < -0.4 is 20.3 Å². The van der Waals surface area contributed by atoms with Gasteiger partial charge < -0.3 is 14.8 Å². The van der Waals surface area contributed by atoms with E-state index in [0.29, 0.717) is 39.8 Å². The highest BCUT2D eigenvalue weighted by atomic mass is 32.2. The Morgan fingerprint density at radius 3 is 2.73 bits per heavy atom. The highest BCUT2D eigenvalue weighted by Gasteiger charge is 2.18. The van der Waals surface area contributed by atoms with Gasteiger partial charge in [0.05, 0.1) is 25.5 Å². The molecular weight excluding hydrogens is 458 g/mol. The molecule has 1 amide bonds. The van der Waals surface area contributed by atoms with Crippen molar-refractivity contribution in [2.45, 2.75) is 56.3 Å². The number of thiophene rings is 1. The van der Waals surface area contributed by atoms with E-state index in [0.717, 1.165) is 18.4 Å². The summed E-state index contributed by atoms with van der Waals surface area (Å²) in [5, 5.41) is 5.59. The Morgan fingerprint density at radius 1 is 1.18 bits per heavy atom. The lowest BCUT2D eigenvalue weighted by molar-refractivity contribution is -0.119. The Morgan fingerprint density at radius 2 is 1.97 bits per heavy atom. The second-order valence-electron chi connectivity index (χ2n) is 8.12. The van der Waals surface area contributed by atoms with Crippen LogP contribution in [0.1, 0.15) is 37.7 Å². The van der Waals surface area contributed by atoms with Crippen LogP contribution in [0.2, 0.25) is 0 Å². The summed E-state index contributed by atoms with van der Waals surface area (Å²) in [4.78, 5) is 30.4. The number of amides is 1. The minimum absolute atomic E-state index is 0.00185. The Kier molecular flexibility index (Phi) is 7.93. The van der Waals surface area contributed by atoms with Gasteiger partial charge in [0.25, 0.3) is 5.56 Å². The van der Waals surface area contributed by atoms with Crippen LogP contribution in [0.5, 0.6) is 11.5 Å². The molecular formula is C24H29N3O4S2. The lowest BCUT2D eigenvalue weighted by atomic mass is 9.95. The van der Waals surface area contributed by atoms with Gasteiger partial charge in [-0.1, -0.05) is 37.1 Å². The summed E-state index contributed by atoms with van der Waals surface area (Å²) in [6.07, 6.45) is 6.31. The van der Waals surface area contributed by atoms with E-state index in [4.69, 9.17) is 14.5 Å². The van der Waals surface area contributed by atoms with Crippen molar-refractivity contribution in [3.63, 3.8) is 0 Å². The van der Waals surface area contributed by atoms with Crippen molar-refractivity contribution in [2.75, 3.05) is 20.0 Å². The molecule has 1 saturated carbocycles. The molecule has 1 aliphatic carbocycles. The molecule has 3 aromatic rings. The zero-order valence-corrected chi connectivity index (χ0v) is 20.6. The first kappa shape index (κ1) is 23.6. The number of rotatable bonds is 9. The topological polar surface area (TPSA) is 82.5 Å². The summed E-state index contributed by atoms with van der Waals surface area (Å²) in [6.45, 7) is 0.460. The van der Waals surface area contributed by atoms with E-state index in [9.17, 15) is 9.59 Å². The maximum absolute atomic E-state index is 13.2. The maximum atomic E-state index is 13.2. The van der Waals surface area contributed by atoms with Crippen LogP contribution in [0.3, 0.4) is 0 Å². The number of nitrogens with zero attached hydrogens (tertiary/aromatic N) is 2. The van der Waals surface area contributed by atoms with Crippen LogP contribution in [-0.2, 0) is 17.8 Å². The van der Waals surface area contributed by atoms with Gasteiger partial charge in [-0.25, -0.2) is 4.98 Å². The van der Waals surface area contributed by atoms with Crippen LogP contribution in [0, 0.1) is 0 Å². The van der Waals surface area contributed by atoms with Crippen molar-refractivity contribution in [1.29, 1.82) is 0 Å². The van der Waals surface area contributed by atoms with Gasteiger partial charge in [-0.2, -0.15) is 0 Å². The van der Waals surface area contributed by atoms with Crippen LogP contribution in [0.15, 0.2) is 39.6 Å². The fraction of sp³-hybridized carbons (Fsp3) is 0.458. The number of aromatic nitrogens is 2. The third-order valence-corrected chi connectivity index (χ3v) is 7.77. The lowest BCUT2D eigenvalue weighted by Gasteiger charge is -2.22. The number of nitrogens with one attached hydrogen (secondary N) is 1. The molecule has 1 aliphatic rings. The molecule has 1 N–H and O–H groups in total. The minimum Gasteiger partial charge on any atom is -0.493 e. The largest absolute Gasteiger partial charge is 0.493 e. The maximum Gasteiger partial charge on any atom is 0.272 e. The van der Waals surface area contributed by atoms with Crippen LogP contribution in [0.4, 0.5) is 0 Å². The van der Waals surface area contributed by atoms with Crippen molar-refractivity contribution in [3.8, 4) is 11.5 Å². The van der Waals surface area contributed by atoms with Crippen molar-refractivity contribution in [3.05, 3.63) is 45.6 Å². The molecule has 176 valence electrons. The van der Waals surface area contributed by atoms with Crippen molar-refractivity contribution >= 4 is 39.2 Å². The summed E-state index contributed by atoms with van der Waals surface area (Å²) in [5.41, 5.74) is 1.64. The first-order valence-electron chi connectivity index (χ1n) is 11.2. The number of ether oxygens (including phenoxy) is 2. The van der Waals surface area contributed by atoms with E-state index in [2.05, 4.69) is 5.32 Å². The van der Waals surface area contributed by atoms with E-state index in [1.165, 1.54) is 42.4 Å². The van der Waals surface area contributed by atoms with E-state index in [1.807, 2.05) is 29.6 Å². The van der Waals surface area contributed by atoms with Crippen LogP contribution >= 0.6 is 23.1 Å². The highest BCUT2D eigenvalue weighted by molar-refractivity contribution is 7.99. The van der Waals surface area contributed by atoms with E-state index in [-0.39, 0.29) is 23.3 Å². The van der Waals surface area contributed by atoms with Gasteiger partial charge in [0.1, 0.15) is 4.70 Å². The fourth-order valence-corrected chi connectivity index (χ4v) is 5.77. The summed E-state index contributed by atoms with van der Waals surface area (Å²) in [7, 11) is 3.21. The minimum atomic E-state index is -0.0642. The molecule has 2 aromatic heterocycles. The smallest absolute Gasteiger partial charge is 0.272 e. The number of carbonyl (C=O) groups is 1. The zero-order valence-electron chi connectivity index (χ0n) is 19.0. The van der Waals surface area contributed by atoms with Gasteiger partial charge in [0, 0.05) is 12.6 Å². The number of thioether (sulfide) groups is 1. The summed E-state index contributed by atoms with van der Waals surface area (Å²) in [6, 6.07) is 7.88. The predicted octanol–water partition coefficient (Wildman–Crippen LogP) is 4.26. The third kappa shape index (κ3) is 5.70. The van der Waals surface area contributed by atoms with E-state index in [1.54, 1.807) is 18.8 Å². The van der Waals surface area contributed by atoms with Crippen molar-refractivity contribution in [2.24, 2.45) is 0 Å². The number of hydrogen-bond donors (Lipinski definition) is 1. The second-order valence-corrected chi connectivity index (χ2v) is 9.98. The van der Waals surface area contributed by atoms with Gasteiger partial charge in [-0.3, -0.25) is 14.2 Å². The average molecular weight is 488 g/mol. The van der Waals surface area contributed by atoms with Crippen molar-refractivity contribution in [1.82, 2.24) is 14.9 Å². The number of aryl methyl sites for hydroxylation is 1. The van der Waals surface area contributed by atoms with Gasteiger partial charge in [-0.15, -0.1) is 11.3 Å². The Balaban J connectivity index is 1.50. The Hall–Kier alpha value is -2.52. The molecule has 2 heterocycles. The molecule has 33 heavy (non-hydrogen) atoms. The Labute approximate surface area is 201 Å². The number of fused-ring (bicyclic) bond motifs is 1. The standard InChI is InChI=1S/C24H29N3O4S2/c1-30-19-9-8-16(14-20(19)31-2)10-12-27-23(29)22-18(11-13-32-22)26-24(27)33-15-21(28)25-17-6-4-3-5-7-17/h8-9,11,13-14,17H,3-7,10,12,15H2,1-2H3,(H,25,28). The third-order valence-electron chi connectivity index (χ3n) is 5.91. The fourth-order valence-electron chi connectivity index (χ4n) is 4.15. The van der Waals surface area contributed by atoms with Gasteiger partial charge in [0.15, 0.2) is 16.7 Å². The summed E-state index contributed by atoms with van der Waals surface area (Å²) < 4.78 is 13.0. The summed E-state index contributed by atoms with van der Waals surface area (Å²) in [5.74, 6) is 1.57. The molecule has 0 atom stereocenters. The molecule has 7 nitrogen and oxygen atoms in total. The molecule has 9 heteroatoms. The normalized spacial score (nSPS) is 14.4. The lowest BCUT2D eigenvalue weighted by Crippen LogP contribution is -2.37. The molecule has 0 aliphatic heterocycles. The number of benzene rings is 1. The highest BCUT2D eigenvalue weighted by Crippen LogP contribution is 2.28. The first-order chi connectivity index (χ1) is 16.1. The van der Waals surface area contributed by atoms with Gasteiger partial charge >= 0.3 is 0 Å². The predicted molar refractivity (Wildman–Crippen MR) is 133 cm³/mol. The number of carbonyl (C=O) groups excluding carboxylic acids is 1. The Bertz CT molecular complexity index is 1170. The SMILES string of the molecule is COc1ccc(CCn2c(SCC(=O)NC3CCCCC3)nc3ccsc3c2=O)cc1OC. The zero-order chi connectivity index (χ0) is 23.2. The van der Waals surface area contributed by atoms with Gasteiger partial charge in [0.2, 0.25) is 5.91 Å². The molecule has 1 aromatic carbocycles. The monoisotopic (exact) mass is 487 g/mol. The van der Waals surface area contributed by atoms with Crippen LogP contribution in [-0.4, -0.2) is 41.5 Å². The average Bonchev–Trinajstić information content (AvgIpc) is 3.31. The van der Waals surface area contributed by atoms with Crippen LogP contribution in [0.25, 0.3) is 10.2 Å². The second kappa shape index (κ2) is 11.1. The molecule has 0 saturated heterocycles. The summed E-state index contributed by atoms with van der Waals surface area (Å²) >= 11 is 2.72. The number of methoxy groups -OCH3 is 2. The number of hydrogen-bond acceptors (Lipinski definition) is 7.